The van der Waals surface area contributed by atoms with Crippen molar-refractivity contribution in [2.75, 3.05) is 0 Å². The molecular formula is C14H13F2NO2S. The maximum absolute atomic E-state index is 13.1. The van der Waals surface area contributed by atoms with Crippen LogP contribution in [0.3, 0.4) is 0 Å². The van der Waals surface area contributed by atoms with Crippen molar-refractivity contribution in [2.45, 2.75) is 17.9 Å². The van der Waals surface area contributed by atoms with Gasteiger partial charge < -0.3 is 0 Å². The first-order chi connectivity index (χ1) is 9.38. The zero-order valence-corrected chi connectivity index (χ0v) is 11.5. The molecule has 0 aliphatic rings. The molecule has 6 heteroatoms. The van der Waals surface area contributed by atoms with Crippen LogP contribution in [0.4, 0.5) is 8.78 Å². The number of hydrogen-bond donors (Lipinski definition) is 1. The number of nitrogens with one attached hydrogen (secondary N) is 1. The Morgan fingerprint density at radius 3 is 2.25 bits per heavy atom. The van der Waals surface area contributed by atoms with Gasteiger partial charge >= 0.3 is 0 Å². The molecule has 1 atom stereocenters. The molecule has 1 N–H and O–H groups in total. The Hall–Kier alpha value is -1.79. The summed E-state index contributed by atoms with van der Waals surface area (Å²) in [7, 11) is -3.82. The standard InChI is InChI=1S/C14H13F2NO2S/c1-10(11-5-7-12(15)8-6-11)17-20(18,19)14-4-2-3-13(16)9-14/h2-10,17H,1H3/t10-/m0/s1. The summed E-state index contributed by atoms with van der Waals surface area (Å²) < 4.78 is 52.5. The van der Waals surface area contributed by atoms with E-state index in [0.29, 0.717) is 5.56 Å². The number of sulfonamides is 1. The first kappa shape index (κ1) is 14.6. The highest BCUT2D eigenvalue weighted by Crippen LogP contribution is 2.17. The summed E-state index contributed by atoms with van der Waals surface area (Å²) in [6.07, 6.45) is 0. The van der Waals surface area contributed by atoms with Gasteiger partial charge in [0, 0.05) is 6.04 Å². The average Bonchev–Trinajstić information content (AvgIpc) is 2.39. The zero-order chi connectivity index (χ0) is 14.8. The highest BCUT2D eigenvalue weighted by molar-refractivity contribution is 7.89. The van der Waals surface area contributed by atoms with Crippen LogP contribution in [0.1, 0.15) is 18.5 Å². The van der Waals surface area contributed by atoms with Crippen molar-refractivity contribution in [3.63, 3.8) is 0 Å². The maximum atomic E-state index is 13.1. The Balaban J connectivity index is 2.22. The Labute approximate surface area is 116 Å². The second-order valence-corrected chi connectivity index (χ2v) is 6.07. The van der Waals surface area contributed by atoms with E-state index in [2.05, 4.69) is 4.72 Å². The lowest BCUT2D eigenvalue weighted by Crippen LogP contribution is -2.27. The van der Waals surface area contributed by atoms with Gasteiger partial charge in [0.15, 0.2) is 0 Å². The van der Waals surface area contributed by atoms with Crippen molar-refractivity contribution in [3.8, 4) is 0 Å². The predicted molar refractivity (Wildman–Crippen MR) is 71.5 cm³/mol. The predicted octanol–water partition coefficient (Wildman–Crippen LogP) is 3.00. The van der Waals surface area contributed by atoms with E-state index in [4.69, 9.17) is 0 Å². The van der Waals surface area contributed by atoms with Crippen LogP contribution in [0.2, 0.25) is 0 Å². The molecule has 0 unspecified atom stereocenters. The lowest BCUT2D eigenvalue weighted by molar-refractivity contribution is 0.563. The van der Waals surface area contributed by atoms with E-state index in [9.17, 15) is 17.2 Å². The summed E-state index contributed by atoms with van der Waals surface area (Å²) in [5.74, 6) is -1.02. The summed E-state index contributed by atoms with van der Waals surface area (Å²) in [6.45, 7) is 1.63. The van der Waals surface area contributed by atoms with Gasteiger partial charge in [-0.1, -0.05) is 18.2 Å². The van der Waals surface area contributed by atoms with E-state index in [0.717, 1.165) is 6.07 Å². The van der Waals surface area contributed by atoms with E-state index in [1.807, 2.05) is 0 Å². The van der Waals surface area contributed by atoms with Gasteiger partial charge in [-0.05, 0) is 42.8 Å². The second-order valence-electron chi connectivity index (χ2n) is 4.35. The number of hydrogen-bond acceptors (Lipinski definition) is 2. The van der Waals surface area contributed by atoms with Crippen LogP contribution in [0.25, 0.3) is 0 Å². The molecule has 20 heavy (non-hydrogen) atoms. The molecule has 0 aromatic heterocycles. The van der Waals surface area contributed by atoms with Crippen LogP contribution in [0, 0.1) is 11.6 Å². The Bertz CT molecular complexity index is 699. The molecule has 0 amide bonds. The van der Waals surface area contributed by atoms with E-state index >= 15 is 0 Å². The smallest absolute Gasteiger partial charge is 0.207 e. The van der Waals surface area contributed by atoms with E-state index < -0.39 is 27.7 Å². The fourth-order valence-electron chi connectivity index (χ4n) is 1.75. The molecule has 3 nitrogen and oxygen atoms in total. The van der Waals surface area contributed by atoms with Crippen LogP contribution in [-0.4, -0.2) is 8.42 Å². The van der Waals surface area contributed by atoms with Gasteiger partial charge in [0.05, 0.1) is 4.90 Å². The van der Waals surface area contributed by atoms with Crippen molar-refractivity contribution >= 4 is 10.0 Å². The van der Waals surface area contributed by atoms with Crippen LogP contribution in [0.5, 0.6) is 0 Å². The third-order valence-corrected chi connectivity index (χ3v) is 4.35. The van der Waals surface area contributed by atoms with E-state index in [-0.39, 0.29) is 4.90 Å². The topological polar surface area (TPSA) is 46.2 Å². The zero-order valence-electron chi connectivity index (χ0n) is 10.7. The van der Waals surface area contributed by atoms with Crippen LogP contribution in [-0.2, 0) is 10.0 Å². The molecule has 0 saturated carbocycles. The Kier molecular flexibility index (Phi) is 4.15. The van der Waals surface area contributed by atoms with Gasteiger partial charge in [-0.3, -0.25) is 0 Å². The van der Waals surface area contributed by atoms with Crippen molar-refractivity contribution in [3.05, 3.63) is 65.7 Å². The first-order valence-corrected chi connectivity index (χ1v) is 7.40. The minimum Gasteiger partial charge on any atom is -0.207 e. The van der Waals surface area contributed by atoms with E-state index in [1.54, 1.807) is 6.92 Å². The van der Waals surface area contributed by atoms with Crippen LogP contribution < -0.4 is 4.72 Å². The lowest BCUT2D eigenvalue weighted by atomic mass is 10.1. The van der Waals surface area contributed by atoms with Gasteiger partial charge in [-0.25, -0.2) is 21.9 Å². The Morgan fingerprint density at radius 2 is 1.65 bits per heavy atom. The molecule has 0 saturated heterocycles. The van der Waals surface area contributed by atoms with Gasteiger partial charge in [0.1, 0.15) is 11.6 Å². The van der Waals surface area contributed by atoms with Crippen LogP contribution in [0.15, 0.2) is 53.4 Å². The summed E-state index contributed by atoms with van der Waals surface area (Å²) in [4.78, 5) is -0.147. The first-order valence-electron chi connectivity index (χ1n) is 5.92. The molecule has 0 spiro atoms. The highest BCUT2D eigenvalue weighted by atomic mass is 32.2. The van der Waals surface area contributed by atoms with Gasteiger partial charge in [-0.2, -0.15) is 0 Å². The van der Waals surface area contributed by atoms with Gasteiger partial charge in [0.25, 0.3) is 0 Å². The number of halogens is 2. The monoisotopic (exact) mass is 297 g/mol. The molecule has 2 aromatic rings. The van der Waals surface area contributed by atoms with Gasteiger partial charge in [0.2, 0.25) is 10.0 Å². The summed E-state index contributed by atoms with van der Waals surface area (Å²) in [6, 6.07) is 9.69. The molecule has 0 radical (unpaired) electrons. The molecule has 106 valence electrons. The largest absolute Gasteiger partial charge is 0.241 e. The minimum atomic E-state index is -3.82. The molecule has 0 aliphatic carbocycles. The van der Waals surface area contributed by atoms with Crippen molar-refractivity contribution < 1.29 is 17.2 Å². The lowest BCUT2D eigenvalue weighted by Gasteiger charge is -2.14. The average molecular weight is 297 g/mol. The molecule has 2 rings (SSSR count). The van der Waals surface area contributed by atoms with Crippen molar-refractivity contribution in [2.24, 2.45) is 0 Å². The maximum Gasteiger partial charge on any atom is 0.241 e. The molecule has 0 aliphatic heterocycles. The second kappa shape index (κ2) is 5.68. The molecule has 0 bridgehead atoms. The SMILES string of the molecule is C[C@H](NS(=O)(=O)c1cccc(F)c1)c1ccc(F)cc1. The van der Waals surface area contributed by atoms with Crippen LogP contribution >= 0.6 is 0 Å². The normalized spacial score (nSPS) is 13.2. The third-order valence-electron chi connectivity index (χ3n) is 2.81. The third kappa shape index (κ3) is 3.40. The van der Waals surface area contributed by atoms with Gasteiger partial charge in [-0.15, -0.1) is 0 Å². The van der Waals surface area contributed by atoms with Crippen molar-refractivity contribution in [1.82, 2.24) is 4.72 Å². The van der Waals surface area contributed by atoms with E-state index in [1.165, 1.54) is 42.5 Å². The molecular weight excluding hydrogens is 284 g/mol. The number of benzene rings is 2. The van der Waals surface area contributed by atoms with Crippen molar-refractivity contribution in [1.29, 1.82) is 0 Å². The minimum absolute atomic E-state index is 0.147. The summed E-state index contributed by atoms with van der Waals surface area (Å²) in [5, 5.41) is 0. The summed E-state index contributed by atoms with van der Waals surface area (Å²) in [5.41, 5.74) is 0.617. The molecule has 2 aromatic carbocycles. The molecule has 0 heterocycles. The fourth-order valence-corrected chi connectivity index (χ4v) is 3.02. The molecule has 0 fully saturated rings. The summed E-state index contributed by atoms with van der Waals surface area (Å²) >= 11 is 0. The Morgan fingerprint density at radius 1 is 1.00 bits per heavy atom. The fraction of sp³-hybridized carbons (Fsp3) is 0.143. The number of rotatable bonds is 4. The highest BCUT2D eigenvalue weighted by Gasteiger charge is 2.18. The quantitative estimate of drug-likeness (QED) is 0.943.